The molecule has 1 rings (SSSR count). The van der Waals surface area contributed by atoms with E-state index in [1.807, 2.05) is 12.1 Å². The van der Waals surface area contributed by atoms with Gasteiger partial charge in [-0.05, 0) is 44.1 Å². The van der Waals surface area contributed by atoms with Gasteiger partial charge in [0.05, 0.1) is 0 Å². The molecule has 0 saturated carbocycles. The van der Waals surface area contributed by atoms with Crippen molar-refractivity contribution in [3.8, 4) is 0 Å². The summed E-state index contributed by atoms with van der Waals surface area (Å²) >= 11 is 0. The minimum Gasteiger partial charge on any atom is -0.399 e. The van der Waals surface area contributed by atoms with Gasteiger partial charge in [0.2, 0.25) is 0 Å². The highest BCUT2D eigenvalue weighted by molar-refractivity contribution is 5.39. The zero-order chi connectivity index (χ0) is 11.1. The van der Waals surface area contributed by atoms with E-state index in [0.29, 0.717) is 0 Å². The van der Waals surface area contributed by atoms with Crippen LogP contribution in [0.5, 0.6) is 0 Å². The van der Waals surface area contributed by atoms with Gasteiger partial charge in [-0.3, -0.25) is 0 Å². The van der Waals surface area contributed by atoms with E-state index in [2.05, 4.69) is 31.0 Å². The lowest BCUT2D eigenvalue weighted by Crippen LogP contribution is -2.22. The molecular formula is C13H22N2. The minimum absolute atomic E-state index is 0.845. The Bertz CT molecular complexity index is 266. The molecule has 2 N–H and O–H groups in total. The van der Waals surface area contributed by atoms with Gasteiger partial charge in [-0.2, -0.15) is 0 Å². The van der Waals surface area contributed by atoms with Crippen molar-refractivity contribution in [1.82, 2.24) is 4.90 Å². The second-order valence-electron chi connectivity index (χ2n) is 4.15. The van der Waals surface area contributed by atoms with Crippen molar-refractivity contribution in [2.75, 3.05) is 25.9 Å². The average molecular weight is 206 g/mol. The van der Waals surface area contributed by atoms with E-state index in [0.717, 1.165) is 18.7 Å². The van der Waals surface area contributed by atoms with Crippen LogP contribution in [-0.4, -0.2) is 25.0 Å². The van der Waals surface area contributed by atoms with Crippen LogP contribution in [0.15, 0.2) is 24.3 Å². The van der Waals surface area contributed by atoms with Gasteiger partial charge in [-0.15, -0.1) is 0 Å². The third-order valence-corrected chi connectivity index (χ3v) is 2.66. The summed E-state index contributed by atoms with van der Waals surface area (Å²) in [6, 6.07) is 8.18. The van der Waals surface area contributed by atoms with Gasteiger partial charge in [0.25, 0.3) is 0 Å². The van der Waals surface area contributed by atoms with Crippen LogP contribution in [-0.2, 0) is 6.42 Å². The van der Waals surface area contributed by atoms with Crippen LogP contribution in [0, 0.1) is 0 Å². The molecule has 2 nitrogen and oxygen atoms in total. The Morgan fingerprint density at radius 3 is 2.40 bits per heavy atom. The van der Waals surface area contributed by atoms with Crippen LogP contribution >= 0.6 is 0 Å². The van der Waals surface area contributed by atoms with Gasteiger partial charge < -0.3 is 10.6 Å². The Morgan fingerprint density at radius 1 is 1.13 bits per heavy atom. The molecule has 0 atom stereocenters. The first-order chi connectivity index (χ1) is 7.22. The molecule has 84 valence electrons. The Labute approximate surface area is 93.1 Å². The van der Waals surface area contributed by atoms with Crippen molar-refractivity contribution >= 4 is 5.69 Å². The zero-order valence-corrected chi connectivity index (χ0v) is 9.87. The normalized spacial score (nSPS) is 10.9. The van der Waals surface area contributed by atoms with Crippen molar-refractivity contribution in [1.29, 1.82) is 0 Å². The molecule has 0 aliphatic rings. The molecule has 0 aliphatic carbocycles. The second-order valence-corrected chi connectivity index (χ2v) is 4.15. The van der Waals surface area contributed by atoms with E-state index in [1.165, 1.54) is 24.9 Å². The lowest BCUT2D eigenvalue weighted by Gasteiger charge is -2.15. The number of unbranched alkanes of at least 4 members (excludes halogenated alkanes) is 1. The number of nitrogens with zero attached hydrogens (tertiary/aromatic N) is 1. The maximum Gasteiger partial charge on any atom is 0.0314 e. The van der Waals surface area contributed by atoms with Crippen molar-refractivity contribution in [2.24, 2.45) is 0 Å². The van der Waals surface area contributed by atoms with E-state index in [9.17, 15) is 0 Å². The van der Waals surface area contributed by atoms with Crippen molar-refractivity contribution in [3.63, 3.8) is 0 Å². The molecule has 0 aliphatic heterocycles. The lowest BCUT2D eigenvalue weighted by molar-refractivity contribution is 0.332. The summed E-state index contributed by atoms with van der Waals surface area (Å²) in [6.07, 6.45) is 3.67. The number of likely N-dealkylation sites (N-methyl/N-ethyl adjacent to an activating group) is 1. The molecule has 1 aromatic carbocycles. The summed E-state index contributed by atoms with van der Waals surface area (Å²) in [5.74, 6) is 0. The Kier molecular flexibility index (Phi) is 5.19. The van der Waals surface area contributed by atoms with Gasteiger partial charge in [0.1, 0.15) is 0 Å². The van der Waals surface area contributed by atoms with Gasteiger partial charge >= 0.3 is 0 Å². The van der Waals surface area contributed by atoms with Gasteiger partial charge in [0, 0.05) is 12.2 Å². The molecule has 15 heavy (non-hydrogen) atoms. The summed E-state index contributed by atoms with van der Waals surface area (Å²) in [5, 5.41) is 0. The first-order valence-corrected chi connectivity index (χ1v) is 5.75. The number of hydrogen-bond acceptors (Lipinski definition) is 2. The van der Waals surface area contributed by atoms with Crippen LogP contribution in [0.1, 0.15) is 25.3 Å². The number of nitrogen functional groups attached to an aromatic ring is 1. The molecule has 0 fully saturated rings. The molecule has 0 spiro atoms. The van der Waals surface area contributed by atoms with E-state index < -0.39 is 0 Å². The minimum atomic E-state index is 0.845. The van der Waals surface area contributed by atoms with Crippen LogP contribution in [0.4, 0.5) is 5.69 Å². The summed E-state index contributed by atoms with van der Waals surface area (Å²) in [7, 11) is 2.19. The topological polar surface area (TPSA) is 29.3 Å². The molecule has 2 heteroatoms. The van der Waals surface area contributed by atoms with Gasteiger partial charge in [-0.25, -0.2) is 0 Å². The van der Waals surface area contributed by atoms with Crippen molar-refractivity contribution in [3.05, 3.63) is 29.8 Å². The van der Waals surface area contributed by atoms with E-state index in [-0.39, 0.29) is 0 Å². The molecular weight excluding hydrogens is 184 g/mol. The Hall–Kier alpha value is -1.02. The van der Waals surface area contributed by atoms with Gasteiger partial charge in [0.15, 0.2) is 0 Å². The quantitative estimate of drug-likeness (QED) is 0.725. The highest BCUT2D eigenvalue weighted by atomic mass is 15.1. The molecule has 0 saturated heterocycles. The monoisotopic (exact) mass is 206 g/mol. The number of benzene rings is 1. The van der Waals surface area contributed by atoms with Crippen LogP contribution in [0.3, 0.4) is 0 Å². The lowest BCUT2D eigenvalue weighted by atomic mass is 10.1. The smallest absolute Gasteiger partial charge is 0.0314 e. The molecule has 0 aromatic heterocycles. The molecule has 0 amide bonds. The molecule has 0 radical (unpaired) electrons. The second kappa shape index (κ2) is 6.46. The Balaban J connectivity index is 2.27. The third-order valence-electron chi connectivity index (χ3n) is 2.66. The molecule has 0 bridgehead atoms. The maximum absolute atomic E-state index is 5.64. The number of nitrogens with two attached hydrogens (primary N) is 1. The van der Waals surface area contributed by atoms with Gasteiger partial charge in [-0.1, -0.05) is 25.5 Å². The van der Waals surface area contributed by atoms with Crippen molar-refractivity contribution in [2.45, 2.75) is 26.2 Å². The summed E-state index contributed by atoms with van der Waals surface area (Å²) in [5.41, 5.74) is 7.85. The average Bonchev–Trinajstić information content (AvgIpc) is 2.25. The SMILES string of the molecule is CCCCN(C)CCc1ccc(N)cc1. The highest BCUT2D eigenvalue weighted by Crippen LogP contribution is 2.06. The van der Waals surface area contributed by atoms with E-state index in [4.69, 9.17) is 5.73 Å². The standard InChI is InChI=1S/C13H22N2/c1-3-4-10-15(2)11-9-12-5-7-13(14)8-6-12/h5-8H,3-4,9-11,14H2,1-2H3. The van der Waals surface area contributed by atoms with E-state index in [1.54, 1.807) is 0 Å². The first-order valence-electron chi connectivity index (χ1n) is 5.75. The number of anilines is 1. The third kappa shape index (κ3) is 4.84. The molecule has 0 heterocycles. The highest BCUT2D eigenvalue weighted by Gasteiger charge is 1.98. The molecule has 0 unspecified atom stereocenters. The van der Waals surface area contributed by atoms with Crippen LogP contribution < -0.4 is 5.73 Å². The predicted molar refractivity (Wildman–Crippen MR) is 67.0 cm³/mol. The van der Waals surface area contributed by atoms with Crippen molar-refractivity contribution < 1.29 is 0 Å². The van der Waals surface area contributed by atoms with Crippen LogP contribution in [0.2, 0.25) is 0 Å². The predicted octanol–water partition coefficient (Wildman–Crippen LogP) is 2.54. The van der Waals surface area contributed by atoms with Crippen LogP contribution in [0.25, 0.3) is 0 Å². The number of rotatable bonds is 6. The molecule has 1 aromatic rings. The zero-order valence-electron chi connectivity index (χ0n) is 9.87. The summed E-state index contributed by atoms with van der Waals surface area (Å²) in [6.45, 7) is 4.56. The first kappa shape index (κ1) is 12.1. The largest absolute Gasteiger partial charge is 0.399 e. The fourth-order valence-electron chi connectivity index (χ4n) is 1.54. The fourth-order valence-corrected chi connectivity index (χ4v) is 1.54. The number of hydrogen-bond donors (Lipinski definition) is 1. The maximum atomic E-state index is 5.64. The Morgan fingerprint density at radius 2 is 1.80 bits per heavy atom. The summed E-state index contributed by atoms with van der Waals surface area (Å²) < 4.78 is 0. The summed E-state index contributed by atoms with van der Waals surface area (Å²) in [4.78, 5) is 2.39. The van der Waals surface area contributed by atoms with E-state index >= 15 is 0 Å². The fraction of sp³-hybridized carbons (Fsp3) is 0.538.